The Morgan fingerprint density at radius 1 is 1.36 bits per heavy atom. The van der Waals surface area contributed by atoms with E-state index in [-0.39, 0.29) is 30.2 Å². The Morgan fingerprint density at radius 3 is 2.80 bits per heavy atom. The lowest BCUT2D eigenvalue weighted by Crippen LogP contribution is -2.52. The van der Waals surface area contributed by atoms with Crippen molar-refractivity contribution in [3.05, 3.63) is 34.9 Å². The van der Waals surface area contributed by atoms with Crippen LogP contribution in [0.4, 0.5) is 0 Å². The smallest absolute Gasteiger partial charge is 0.255 e. The van der Waals surface area contributed by atoms with Crippen LogP contribution in [0, 0.1) is 0 Å². The van der Waals surface area contributed by atoms with E-state index < -0.39 is 6.04 Å². The summed E-state index contributed by atoms with van der Waals surface area (Å²) in [6.07, 6.45) is 0.644. The second-order valence-corrected chi connectivity index (χ2v) is 7.02. The molecule has 2 heterocycles. The highest BCUT2D eigenvalue weighted by Gasteiger charge is 2.39. The molecule has 7 heteroatoms. The molecule has 2 atom stereocenters. The molecule has 0 aliphatic carbocycles. The number of imide groups is 1. The van der Waals surface area contributed by atoms with E-state index in [1.807, 2.05) is 26.1 Å². The fraction of sp³-hybridized carbons (Fsp3) is 0.500. The minimum atomic E-state index is -0.577. The number of carbonyl (C=O) groups is 3. The molecule has 1 unspecified atom stereocenters. The third-order valence-electron chi connectivity index (χ3n) is 4.72. The second kappa shape index (κ2) is 6.93. The normalized spacial score (nSPS) is 21.5. The predicted octanol–water partition coefficient (Wildman–Crippen LogP) is 0.227. The molecule has 0 aromatic heterocycles. The zero-order valence-corrected chi connectivity index (χ0v) is 14.6. The van der Waals surface area contributed by atoms with Crippen LogP contribution in [0.5, 0.6) is 0 Å². The Kier molecular flexibility index (Phi) is 4.87. The van der Waals surface area contributed by atoms with Gasteiger partial charge in [-0.3, -0.25) is 19.7 Å². The topological polar surface area (TPSA) is 95.7 Å². The monoisotopic (exact) mass is 344 g/mol. The molecule has 1 fully saturated rings. The van der Waals surface area contributed by atoms with Crippen LogP contribution in [0.25, 0.3) is 0 Å². The van der Waals surface area contributed by atoms with E-state index in [0.717, 1.165) is 17.7 Å². The third-order valence-corrected chi connectivity index (χ3v) is 4.72. The minimum Gasteiger partial charge on any atom is -0.327 e. The first kappa shape index (κ1) is 17.6. The fourth-order valence-corrected chi connectivity index (χ4v) is 3.64. The highest BCUT2D eigenvalue weighted by atomic mass is 16.2. The van der Waals surface area contributed by atoms with Crippen molar-refractivity contribution in [2.75, 3.05) is 13.6 Å². The standard InChI is InChI=1S/C18H24N4O3/c1-11(19)8-21(2)9-12-4-3-5-13-14(12)10-22(18(13)25)15-6-7-16(23)20-17(15)24/h3-5,11,15H,6-10,19H2,1-2H3,(H,20,23,24)/t11-,15?/m1/s1. The molecule has 0 spiro atoms. The van der Waals surface area contributed by atoms with Gasteiger partial charge >= 0.3 is 0 Å². The Bertz CT molecular complexity index is 716. The highest BCUT2D eigenvalue weighted by molar-refractivity contribution is 6.05. The maximum Gasteiger partial charge on any atom is 0.255 e. The van der Waals surface area contributed by atoms with E-state index in [1.54, 1.807) is 11.0 Å². The van der Waals surface area contributed by atoms with E-state index in [2.05, 4.69) is 10.2 Å². The number of nitrogens with zero attached hydrogens (tertiary/aromatic N) is 2. The highest BCUT2D eigenvalue weighted by Crippen LogP contribution is 2.30. The van der Waals surface area contributed by atoms with Gasteiger partial charge in [-0.05, 0) is 37.6 Å². The molecular formula is C18H24N4O3. The lowest BCUT2D eigenvalue weighted by Gasteiger charge is -2.29. The zero-order valence-electron chi connectivity index (χ0n) is 14.6. The summed E-state index contributed by atoms with van der Waals surface area (Å²) in [4.78, 5) is 39.9. The molecule has 1 aromatic rings. The first-order chi connectivity index (χ1) is 11.9. The van der Waals surface area contributed by atoms with Crippen LogP contribution < -0.4 is 11.1 Å². The third kappa shape index (κ3) is 3.57. The molecule has 0 bridgehead atoms. The van der Waals surface area contributed by atoms with Crippen LogP contribution >= 0.6 is 0 Å². The van der Waals surface area contributed by atoms with E-state index in [0.29, 0.717) is 25.1 Å². The average Bonchev–Trinajstić information content (AvgIpc) is 2.85. The van der Waals surface area contributed by atoms with Crippen LogP contribution in [0.2, 0.25) is 0 Å². The second-order valence-electron chi connectivity index (χ2n) is 7.02. The Morgan fingerprint density at radius 2 is 2.12 bits per heavy atom. The number of nitrogens with one attached hydrogen (secondary N) is 1. The molecule has 3 N–H and O–H groups in total. The molecule has 134 valence electrons. The number of hydrogen-bond acceptors (Lipinski definition) is 5. The van der Waals surface area contributed by atoms with Gasteiger partial charge in [0.25, 0.3) is 5.91 Å². The number of nitrogens with two attached hydrogens (primary N) is 1. The number of amides is 3. The van der Waals surface area contributed by atoms with Crippen molar-refractivity contribution in [1.29, 1.82) is 0 Å². The van der Waals surface area contributed by atoms with Gasteiger partial charge in [-0.1, -0.05) is 12.1 Å². The molecule has 1 aromatic carbocycles. The van der Waals surface area contributed by atoms with Gasteiger partial charge < -0.3 is 15.5 Å². The lowest BCUT2D eigenvalue weighted by molar-refractivity contribution is -0.136. The van der Waals surface area contributed by atoms with Crippen molar-refractivity contribution in [3.63, 3.8) is 0 Å². The maximum atomic E-state index is 12.8. The fourth-order valence-electron chi connectivity index (χ4n) is 3.64. The van der Waals surface area contributed by atoms with Crippen molar-refractivity contribution < 1.29 is 14.4 Å². The van der Waals surface area contributed by atoms with Crippen molar-refractivity contribution in [3.8, 4) is 0 Å². The summed E-state index contributed by atoms with van der Waals surface area (Å²) in [5.74, 6) is -0.794. The van der Waals surface area contributed by atoms with Crippen molar-refractivity contribution in [2.24, 2.45) is 5.73 Å². The molecule has 1 saturated heterocycles. The van der Waals surface area contributed by atoms with Gasteiger partial charge in [0.2, 0.25) is 11.8 Å². The lowest BCUT2D eigenvalue weighted by atomic mass is 10.0. The van der Waals surface area contributed by atoms with Gasteiger partial charge in [-0.25, -0.2) is 0 Å². The van der Waals surface area contributed by atoms with Crippen LogP contribution in [-0.4, -0.2) is 53.2 Å². The van der Waals surface area contributed by atoms with Gasteiger partial charge in [0.15, 0.2) is 0 Å². The Labute approximate surface area is 147 Å². The number of fused-ring (bicyclic) bond motifs is 1. The number of rotatable bonds is 5. The van der Waals surface area contributed by atoms with Gasteiger partial charge in [0.1, 0.15) is 6.04 Å². The van der Waals surface area contributed by atoms with E-state index in [1.165, 1.54) is 0 Å². The Balaban J connectivity index is 1.80. The summed E-state index contributed by atoms with van der Waals surface area (Å²) in [5.41, 5.74) is 8.54. The van der Waals surface area contributed by atoms with Crippen LogP contribution in [0.3, 0.4) is 0 Å². The summed E-state index contributed by atoms with van der Waals surface area (Å²) in [6.45, 7) is 3.82. The summed E-state index contributed by atoms with van der Waals surface area (Å²) >= 11 is 0. The molecule has 3 amide bonds. The van der Waals surface area contributed by atoms with Crippen LogP contribution in [0.15, 0.2) is 18.2 Å². The molecule has 0 saturated carbocycles. The van der Waals surface area contributed by atoms with Crippen molar-refractivity contribution in [1.82, 2.24) is 15.1 Å². The molecule has 2 aliphatic heterocycles. The summed E-state index contributed by atoms with van der Waals surface area (Å²) < 4.78 is 0. The molecular weight excluding hydrogens is 320 g/mol. The van der Waals surface area contributed by atoms with Crippen LogP contribution in [0.1, 0.15) is 41.3 Å². The first-order valence-corrected chi connectivity index (χ1v) is 8.56. The van der Waals surface area contributed by atoms with Gasteiger partial charge in [0, 0.05) is 37.7 Å². The summed E-state index contributed by atoms with van der Waals surface area (Å²) in [6, 6.07) is 5.19. The molecule has 3 rings (SSSR count). The molecule has 2 aliphatic rings. The van der Waals surface area contributed by atoms with Crippen molar-refractivity contribution >= 4 is 17.7 Å². The first-order valence-electron chi connectivity index (χ1n) is 8.56. The number of likely N-dealkylation sites (N-methyl/N-ethyl adjacent to an activating group) is 1. The maximum absolute atomic E-state index is 12.8. The Hall–Kier alpha value is -2.25. The summed E-state index contributed by atoms with van der Waals surface area (Å²) in [7, 11) is 2.00. The number of piperidine rings is 1. The average molecular weight is 344 g/mol. The summed E-state index contributed by atoms with van der Waals surface area (Å²) in [5, 5.41) is 2.33. The largest absolute Gasteiger partial charge is 0.327 e. The van der Waals surface area contributed by atoms with Crippen molar-refractivity contribution in [2.45, 2.75) is 44.9 Å². The molecule has 25 heavy (non-hydrogen) atoms. The van der Waals surface area contributed by atoms with Crippen LogP contribution in [-0.2, 0) is 22.7 Å². The van der Waals surface area contributed by atoms with Gasteiger partial charge in [-0.15, -0.1) is 0 Å². The molecule has 7 nitrogen and oxygen atoms in total. The predicted molar refractivity (Wildman–Crippen MR) is 92.5 cm³/mol. The van der Waals surface area contributed by atoms with Gasteiger partial charge in [-0.2, -0.15) is 0 Å². The number of carbonyl (C=O) groups excluding carboxylic acids is 3. The molecule has 0 radical (unpaired) electrons. The zero-order chi connectivity index (χ0) is 18.1. The quantitative estimate of drug-likeness (QED) is 0.746. The number of hydrogen-bond donors (Lipinski definition) is 2. The van der Waals surface area contributed by atoms with E-state index >= 15 is 0 Å². The minimum absolute atomic E-state index is 0.0726. The van der Waals surface area contributed by atoms with E-state index in [4.69, 9.17) is 5.73 Å². The van der Waals surface area contributed by atoms with Gasteiger partial charge in [0.05, 0.1) is 0 Å². The van der Waals surface area contributed by atoms with E-state index in [9.17, 15) is 14.4 Å². The number of benzene rings is 1. The SMILES string of the molecule is C[C@@H](N)CN(C)Cc1cccc2c1CN(C1CCC(=O)NC1=O)C2=O.